The molecule has 4 saturated carbocycles. The summed E-state index contributed by atoms with van der Waals surface area (Å²) in [6, 6.07) is 10.3. The molecule has 0 aromatic heterocycles. The van der Waals surface area contributed by atoms with Gasteiger partial charge in [-0.05, 0) is 123 Å². The van der Waals surface area contributed by atoms with Crippen LogP contribution in [0.2, 0.25) is 0 Å². The quantitative estimate of drug-likeness (QED) is 0.496. The Hall–Kier alpha value is -2.69. The van der Waals surface area contributed by atoms with Gasteiger partial charge >= 0.3 is 0 Å². The third-order valence-electron chi connectivity index (χ3n) is 9.36. The monoisotopic (exact) mass is 489 g/mol. The van der Waals surface area contributed by atoms with E-state index < -0.39 is 0 Å². The normalized spacial score (nSPS) is 30.2. The van der Waals surface area contributed by atoms with Crippen molar-refractivity contribution in [3.05, 3.63) is 52.6 Å². The van der Waals surface area contributed by atoms with Crippen LogP contribution in [0.3, 0.4) is 0 Å². The number of rotatable bonds is 6. The third-order valence-corrected chi connectivity index (χ3v) is 9.36. The van der Waals surface area contributed by atoms with Crippen LogP contribution in [0, 0.1) is 37.0 Å². The summed E-state index contributed by atoms with van der Waals surface area (Å²) < 4.78 is 17.7. The van der Waals surface area contributed by atoms with Crippen molar-refractivity contribution >= 4 is 5.91 Å². The molecule has 5 nitrogen and oxygen atoms in total. The number of nitrogens with zero attached hydrogens (tertiary/aromatic N) is 1. The molecule has 2 aromatic carbocycles. The lowest BCUT2D eigenvalue weighted by molar-refractivity contribution is -0.161. The van der Waals surface area contributed by atoms with Gasteiger partial charge in [-0.25, -0.2) is 0 Å². The van der Waals surface area contributed by atoms with Gasteiger partial charge in [-0.15, -0.1) is 0 Å². The lowest BCUT2D eigenvalue weighted by Crippen LogP contribution is -2.56. The first kappa shape index (κ1) is 23.7. The first-order valence-corrected chi connectivity index (χ1v) is 13.6. The maximum absolute atomic E-state index is 14.5. The summed E-state index contributed by atoms with van der Waals surface area (Å²) in [5, 5.41) is 0. The van der Waals surface area contributed by atoms with Gasteiger partial charge in [-0.2, -0.15) is 0 Å². The van der Waals surface area contributed by atoms with Crippen LogP contribution >= 0.6 is 0 Å². The zero-order chi connectivity index (χ0) is 25.0. The SMILES string of the molecule is COc1cc2c(cc1OC)C(COc1cc(C)cc(C)c1)N(C(=O)C13CC4CC(CC(C4)C1)C3)CC2. The summed E-state index contributed by atoms with van der Waals surface area (Å²) in [4.78, 5) is 16.7. The van der Waals surface area contributed by atoms with Crippen molar-refractivity contribution in [2.75, 3.05) is 27.4 Å². The summed E-state index contributed by atoms with van der Waals surface area (Å²) >= 11 is 0. The molecule has 5 heteroatoms. The molecule has 0 N–H and O–H groups in total. The molecule has 4 bridgehead atoms. The second-order valence-corrected chi connectivity index (χ2v) is 12.0. The molecular weight excluding hydrogens is 450 g/mol. The average molecular weight is 490 g/mol. The Bertz CT molecular complexity index is 1120. The number of carbonyl (C=O) groups excluding carboxylic acids is 1. The summed E-state index contributed by atoms with van der Waals surface area (Å²) in [7, 11) is 3.35. The van der Waals surface area contributed by atoms with Gasteiger partial charge in [0.25, 0.3) is 0 Å². The molecule has 1 atom stereocenters. The molecule has 2 aromatic rings. The first-order chi connectivity index (χ1) is 17.4. The van der Waals surface area contributed by atoms with Crippen LogP contribution in [0.1, 0.15) is 66.8 Å². The Morgan fingerprint density at radius 2 is 1.47 bits per heavy atom. The topological polar surface area (TPSA) is 48.0 Å². The van der Waals surface area contributed by atoms with Crippen molar-refractivity contribution in [3.63, 3.8) is 0 Å². The number of hydrogen-bond donors (Lipinski definition) is 0. The Kier molecular flexibility index (Phi) is 5.93. The van der Waals surface area contributed by atoms with E-state index in [0.29, 0.717) is 18.3 Å². The van der Waals surface area contributed by atoms with Crippen LogP contribution in [-0.4, -0.2) is 38.2 Å². The molecule has 7 rings (SSSR count). The van der Waals surface area contributed by atoms with Gasteiger partial charge in [0.1, 0.15) is 12.4 Å². The van der Waals surface area contributed by atoms with Crippen molar-refractivity contribution in [1.29, 1.82) is 0 Å². The minimum absolute atomic E-state index is 0.144. The molecule has 192 valence electrons. The van der Waals surface area contributed by atoms with Gasteiger partial charge in [0.15, 0.2) is 11.5 Å². The smallest absolute Gasteiger partial charge is 0.229 e. The van der Waals surface area contributed by atoms with Crippen LogP contribution in [0.5, 0.6) is 17.2 Å². The second-order valence-electron chi connectivity index (χ2n) is 12.0. The fourth-order valence-electron chi connectivity index (χ4n) is 8.32. The van der Waals surface area contributed by atoms with Crippen LogP contribution in [-0.2, 0) is 11.2 Å². The van der Waals surface area contributed by atoms with Gasteiger partial charge in [-0.1, -0.05) is 6.07 Å². The highest BCUT2D eigenvalue weighted by molar-refractivity contribution is 5.84. The molecule has 1 amide bonds. The number of amides is 1. The van der Waals surface area contributed by atoms with Crippen LogP contribution in [0.25, 0.3) is 0 Å². The summed E-state index contributed by atoms with van der Waals surface area (Å²) in [6.45, 7) is 5.35. The standard InChI is InChI=1S/C31H39NO4/c1-19-7-20(2)9-25(8-19)36-18-27-26-14-29(35-4)28(34-3)13-24(26)5-6-32(27)30(33)31-15-21-10-22(16-31)12-23(11-21)17-31/h7-9,13-14,21-23,27H,5-6,10-12,15-18H2,1-4H3. The minimum Gasteiger partial charge on any atom is -0.493 e. The third kappa shape index (κ3) is 4.05. The van der Waals surface area contributed by atoms with E-state index in [1.165, 1.54) is 36.0 Å². The van der Waals surface area contributed by atoms with Gasteiger partial charge < -0.3 is 19.1 Å². The highest BCUT2D eigenvalue weighted by Crippen LogP contribution is 2.61. The highest BCUT2D eigenvalue weighted by atomic mass is 16.5. The zero-order valence-corrected chi connectivity index (χ0v) is 22.1. The number of ether oxygens (including phenoxy) is 3. The predicted molar refractivity (Wildman–Crippen MR) is 140 cm³/mol. The first-order valence-electron chi connectivity index (χ1n) is 13.6. The minimum atomic E-state index is -0.166. The van der Waals surface area contributed by atoms with Gasteiger partial charge in [0, 0.05) is 6.54 Å². The van der Waals surface area contributed by atoms with E-state index in [0.717, 1.165) is 67.0 Å². The molecule has 4 aliphatic carbocycles. The molecule has 0 saturated heterocycles. The van der Waals surface area contributed by atoms with Crippen molar-refractivity contribution < 1.29 is 19.0 Å². The van der Waals surface area contributed by atoms with Gasteiger partial charge in [-0.3, -0.25) is 4.79 Å². The molecule has 5 aliphatic rings. The number of methoxy groups -OCH3 is 2. The molecule has 1 unspecified atom stereocenters. The van der Waals surface area contributed by atoms with Gasteiger partial charge in [0.05, 0.1) is 25.7 Å². The molecule has 1 heterocycles. The summed E-state index contributed by atoms with van der Waals surface area (Å²) in [5.41, 5.74) is 4.54. The van der Waals surface area contributed by atoms with E-state index in [1.807, 2.05) is 0 Å². The van der Waals surface area contributed by atoms with E-state index in [-0.39, 0.29) is 11.5 Å². The summed E-state index contributed by atoms with van der Waals surface area (Å²) in [6.07, 6.45) is 8.09. The van der Waals surface area contributed by atoms with Crippen molar-refractivity contribution in [2.24, 2.45) is 23.2 Å². The Balaban J connectivity index is 1.35. The van der Waals surface area contributed by atoms with Crippen molar-refractivity contribution in [3.8, 4) is 17.2 Å². The lowest BCUT2D eigenvalue weighted by Gasteiger charge is -2.57. The second kappa shape index (κ2) is 9.00. The predicted octanol–water partition coefficient (Wildman–Crippen LogP) is 6.04. The molecule has 0 spiro atoms. The lowest BCUT2D eigenvalue weighted by atomic mass is 9.49. The van der Waals surface area contributed by atoms with Crippen molar-refractivity contribution in [2.45, 2.75) is 64.8 Å². The van der Waals surface area contributed by atoms with Crippen LogP contribution in [0.4, 0.5) is 0 Å². The van der Waals surface area contributed by atoms with E-state index in [1.54, 1.807) is 14.2 Å². The van der Waals surface area contributed by atoms with Crippen LogP contribution in [0.15, 0.2) is 30.3 Å². The van der Waals surface area contributed by atoms with Crippen molar-refractivity contribution in [1.82, 2.24) is 4.90 Å². The van der Waals surface area contributed by atoms with Gasteiger partial charge in [0.2, 0.25) is 5.91 Å². The average Bonchev–Trinajstić information content (AvgIpc) is 2.84. The molecule has 1 aliphatic heterocycles. The molecule has 36 heavy (non-hydrogen) atoms. The van der Waals surface area contributed by atoms with E-state index in [9.17, 15) is 4.79 Å². The van der Waals surface area contributed by atoms with E-state index >= 15 is 0 Å². The fraction of sp³-hybridized carbons (Fsp3) is 0.581. The highest BCUT2D eigenvalue weighted by Gasteiger charge is 2.56. The summed E-state index contributed by atoms with van der Waals surface area (Å²) in [5.74, 6) is 4.91. The van der Waals surface area contributed by atoms with E-state index in [4.69, 9.17) is 14.2 Å². The Morgan fingerprint density at radius 1 is 0.889 bits per heavy atom. The molecule has 4 fully saturated rings. The number of fused-ring (bicyclic) bond motifs is 1. The number of hydrogen-bond acceptors (Lipinski definition) is 4. The largest absolute Gasteiger partial charge is 0.493 e. The number of aryl methyl sites for hydroxylation is 2. The Labute approximate surface area is 215 Å². The zero-order valence-electron chi connectivity index (χ0n) is 22.1. The number of carbonyl (C=O) groups is 1. The Morgan fingerprint density at radius 3 is 2.06 bits per heavy atom. The fourth-order valence-corrected chi connectivity index (χ4v) is 8.32. The van der Waals surface area contributed by atoms with E-state index in [2.05, 4.69) is 49.1 Å². The maximum atomic E-state index is 14.5. The maximum Gasteiger partial charge on any atom is 0.229 e. The van der Waals surface area contributed by atoms with Crippen LogP contribution < -0.4 is 14.2 Å². The molecular formula is C31H39NO4. The number of benzene rings is 2. The molecule has 0 radical (unpaired) electrons.